The molecule has 1 heterocycles. The smallest absolute Gasteiger partial charge is 0.232 e. The van der Waals surface area contributed by atoms with Crippen molar-refractivity contribution in [2.75, 3.05) is 11.4 Å². The standard InChI is InChI=1S/C12H15ClN2O/c1-12(2,7-14)15-10-6-9(13)4-3-8(10)5-11(15)16/h3-4,6H,5,7,14H2,1-2H3. The van der Waals surface area contributed by atoms with Gasteiger partial charge in [-0.3, -0.25) is 4.79 Å². The topological polar surface area (TPSA) is 46.3 Å². The number of hydrogen-bond donors (Lipinski definition) is 1. The molecule has 3 nitrogen and oxygen atoms in total. The number of halogens is 1. The fourth-order valence-electron chi connectivity index (χ4n) is 2.03. The zero-order valence-corrected chi connectivity index (χ0v) is 10.2. The minimum atomic E-state index is -0.368. The fourth-order valence-corrected chi connectivity index (χ4v) is 2.19. The Morgan fingerprint density at radius 1 is 1.50 bits per heavy atom. The first-order valence-corrected chi connectivity index (χ1v) is 5.65. The lowest BCUT2D eigenvalue weighted by atomic mass is 10.0. The Morgan fingerprint density at radius 2 is 2.19 bits per heavy atom. The average molecular weight is 239 g/mol. The average Bonchev–Trinajstić information content (AvgIpc) is 2.54. The molecule has 4 heteroatoms. The Balaban J connectivity index is 2.50. The molecule has 0 aromatic heterocycles. The van der Waals surface area contributed by atoms with Crippen molar-refractivity contribution in [1.82, 2.24) is 0 Å². The van der Waals surface area contributed by atoms with Crippen molar-refractivity contribution in [3.05, 3.63) is 28.8 Å². The fraction of sp³-hybridized carbons (Fsp3) is 0.417. The molecule has 0 spiro atoms. The molecule has 1 aliphatic heterocycles. The molecule has 1 aliphatic rings. The summed E-state index contributed by atoms with van der Waals surface area (Å²) in [7, 11) is 0. The molecule has 1 amide bonds. The Bertz CT molecular complexity index is 443. The van der Waals surface area contributed by atoms with Gasteiger partial charge in [-0.15, -0.1) is 0 Å². The molecule has 0 radical (unpaired) electrons. The number of carbonyl (C=O) groups is 1. The number of fused-ring (bicyclic) bond motifs is 1. The number of carbonyl (C=O) groups excluding carboxylic acids is 1. The van der Waals surface area contributed by atoms with Gasteiger partial charge in [0, 0.05) is 17.3 Å². The first-order chi connectivity index (χ1) is 7.45. The number of benzene rings is 1. The molecule has 1 aromatic rings. The minimum Gasteiger partial charge on any atom is -0.328 e. The van der Waals surface area contributed by atoms with Crippen LogP contribution >= 0.6 is 11.6 Å². The Hall–Kier alpha value is -1.06. The summed E-state index contributed by atoms with van der Waals surface area (Å²) in [6.07, 6.45) is 0.440. The van der Waals surface area contributed by atoms with E-state index in [4.69, 9.17) is 17.3 Å². The molecule has 16 heavy (non-hydrogen) atoms. The van der Waals surface area contributed by atoms with E-state index >= 15 is 0 Å². The molecule has 0 unspecified atom stereocenters. The molecule has 0 aliphatic carbocycles. The van der Waals surface area contributed by atoms with Crippen molar-refractivity contribution in [3.8, 4) is 0 Å². The predicted octanol–water partition coefficient (Wildman–Crippen LogP) is 1.97. The second-order valence-corrected chi connectivity index (χ2v) is 5.13. The molecule has 86 valence electrons. The Labute approximate surface area is 100 Å². The van der Waals surface area contributed by atoms with Crippen LogP contribution in [0.1, 0.15) is 19.4 Å². The monoisotopic (exact) mass is 238 g/mol. The first-order valence-electron chi connectivity index (χ1n) is 5.27. The van der Waals surface area contributed by atoms with Crippen molar-refractivity contribution in [2.45, 2.75) is 25.8 Å². The number of nitrogens with zero attached hydrogens (tertiary/aromatic N) is 1. The van der Waals surface area contributed by atoms with Crippen molar-refractivity contribution in [1.29, 1.82) is 0 Å². The van der Waals surface area contributed by atoms with Gasteiger partial charge >= 0.3 is 0 Å². The van der Waals surface area contributed by atoms with E-state index in [-0.39, 0.29) is 11.4 Å². The lowest BCUT2D eigenvalue weighted by Crippen LogP contribution is -2.51. The van der Waals surface area contributed by atoms with E-state index in [0.717, 1.165) is 11.3 Å². The number of hydrogen-bond acceptors (Lipinski definition) is 2. The van der Waals surface area contributed by atoms with Gasteiger partial charge in [0.25, 0.3) is 0 Å². The van der Waals surface area contributed by atoms with Crippen LogP contribution in [0.2, 0.25) is 5.02 Å². The first kappa shape index (κ1) is 11.4. The molecule has 0 bridgehead atoms. The minimum absolute atomic E-state index is 0.0905. The summed E-state index contributed by atoms with van der Waals surface area (Å²) in [6, 6.07) is 5.55. The normalized spacial score (nSPS) is 15.5. The van der Waals surface area contributed by atoms with Crippen LogP contribution in [0, 0.1) is 0 Å². The molecule has 0 atom stereocenters. The van der Waals surface area contributed by atoms with Gasteiger partial charge in [0.2, 0.25) is 5.91 Å². The highest BCUT2D eigenvalue weighted by Gasteiger charge is 2.37. The highest BCUT2D eigenvalue weighted by Crippen LogP contribution is 2.35. The van der Waals surface area contributed by atoms with Crippen molar-refractivity contribution < 1.29 is 4.79 Å². The second kappa shape index (κ2) is 3.75. The summed E-state index contributed by atoms with van der Waals surface area (Å²) in [5.41, 5.74) is 7.27. The summed E-state index contributed by atoms with van der Waals surface area (Å²) in [4.78, 5) is 13.7. The molecule has 0 fully saturated rings. The van der Waals surface area contributed by atoms with Crippen LogP contribution < -0.4 is 10.6 Å². The number of nitrogens with two attached hydrogens (primary N) is 1. The molecular formula is C12H15ClN2O. The van der Waals surface area contributed by atoms with Crippen molar-refractivity contribution >= 4 is 23.2 Å². The molecule has 0 saturated carbocycles. The highest BCUT2D eigenvalue weighted by atomic mass is 35.5. The Kier molecular flexibility index (Phi) is 2.68. The van der Waals surface area contributed by atoms with E-state index in [1.54, 1.807) is 4.90 Å². The van der Waals surface area contributed by atoms with Crippen LogP contribution in [0.15, 0.2) is 18.2 Å². The highest BCUT2D eigenvalue weighted by molar-refractivity contribution is 6.31. The third kappa shape index (κ3) is 1.70. The SMILES string of the molecule is CC(C)(CN)N1C(=O)Cc2ccc(Cl)cc21. The maximum Gasteiger partial charge on any atom is 0.232 e. The van der Waals surface area contributed by atoms with Crippen molar-refractivity contribution in [3.63, 3.8) is 0 Å². The van der Waals surface area contributed by atoms with Gasteiger partial charge in [0.15, 0.2) is 0 Å². The van der Waals surface area contributed by atoms with E-state index in [1.165, 1.54) is 0 Å². The van der Waals surface area contributed by atoms with Crippen LogP contribution in [-0.4, -0.2) is 18.0 Å². The third-order valence-electron chi connectivity index (χ3n) is 2.98. The van der Waals surface area contributed by atoms with Crippen LogP contribution in [0.4, 0.5) is 5.69 Å². The number of amides is 1. The summed E-state index contributed by atoms with van der Waals surface area (Å²) in [5.74, 6) is 0.0905. The van der Waals surface area contributed by atoms with Gasteiger partial charge in [0.1, 0.15) is 0 Å². The molecular weight excluding hydrogens is 224 g/mol. The van der Waals surface area contributed by atoms with Gasteiger partial charge in [-0.05, 0) is 31.5 Å². The van der Waals surface area contributed by atoms with Gasteiger partial charge in [-0.2, -0.15) is 0 Å². The van der Waals surface area contributed by atoms with Gasteiger partial charge in [0.05, 0.1) is 12.0 Å². The van der Waals surface area contributed by atoms with E-state index in [1.807, 2.05) is 32.0 Å². The lowest BCUT2D eigenvalue weighted by Gasteiger charge is -2.35. The van der Waals surface area contributed by atoms with E-state index in [2.05, 4.69) is 0 Å². The summed E-state index contributed by atoms with van der Waals surface area (Å²) in [5, 5.41) is 0.645. The molecule has 0 saturated heterocycles. The lowest BCUT2D eigenvalue weighted by molar-refractivity contribution is -0.118. The molecule has 2 N–H and O–H groups in total. The zero-order chi connectivity index (χ0) is 11.9. The quantitative estimate of drug-likeness (QED) is 0.856. The summed E-state index contributed by atoms with van der Waals surface area (Å²) < 4.78 is 0. The maximum atomic E-state index is 12.0. The molecule has 2 rings (SSSR count). The van der Waals surface area contributed by atoms with E-state index in [0.29, 0.717) is 18.0 Å². The number of rotatable bonds is 2. The van der Waals surface area contributed by atoms with Gasteiger partial charge in [-0.1, -0.05) is 17.7 Å². The second-order valence-electron chi connectivity index (χ2n) is 4.70. The van der Waals surface area contributed by atoms with Crippen LogP contribution in [0.5, 0.6) is 0 Å². The largest absolute Gasteiger partial charge is 0.328 e. The number of anilines is 1. The van der Waals surface area contributed by atoms with Crippen molar-refractivity contribution in [2.24, 2.45) is 5.73 Å². The predicted molar refractivity (Wildman–Crippen MR) is 65.8 cm³/mol. The Morgan fingerprint density at radius 3 is 2.81 bits per heavy atom. The third-order valence-corrected chi connectivity index (χ3v) is 3.22. The van der Waals surface area contributed by atoms with E-state index in [9.17, 15) is 4.79 Å². The van der Waals surface area contributed by atoms with Crippen LogP contribution in [0.3, 0.4) is 0 Å². The van der Waals surface area contributed by atoms with Crippen LogP contribution in [0.25, 0.3) is 0 Å². The van der Waals surface area contributed by atoms with Gasteiger partial charge < -0.3 is 10.6 Å². The van der Waals surface area contributed by atoms with E-state index < -0.39 is 0 Å². The summed E-state index contributed by atoms with van der Waals surface area (Å²) in [6.45, 7) is 4.34. The summed E-state index contributed by atoms with van der Waals surface area (Å²) >= 11 is 5.96. The zero-order valence-electron chi connectivity index (χ0n) is 9.46. The maximum absolute atomic E-state index is 12.0. The molecule has 1 aromatic carbocycles. The van der Waals surface area contributed by atoms with Gasteiger partial charge in [-0.25, -0.2) is 0 Å². The van der Waals surface area contributed by atoms with Crippen LogP contribution in [-0.2, 0) is 11.2 Å².